The van der Waals surface area contributed by atoms with E-state index in [0.717, 1.165) is 5.57 Å². The molecule has 3 unspecified atom stereocenters. The van der Waals surface area contributed by atoms with Crippen LogP contribution in [-0.2, 0) is 19.1 Å². The number of hydrogen-bond acceptors (Lipinski definition) is 6. The fourth-order valence-corrected chi connectivity index (χ4v) is 2.96. The van der Waals surface area contributed by atoms with Crippen LogP contribution in [0.1, 0.15) is 19.8 Å². The molecule has 0 aromatic heterocycles. The minimum absolute atomic E-state index is 0.0498. The van der Waals surface area contributed by atoms with Crippen LogP contribution in [-0.4, -0.2) is 47.1 Å². The van der Waals surface area contributed by atoms with Crippen molar-refractivity contribution >= 4 is 11.9 Å². The molecule has 2 N–H and O–H groups in total. The number of carbonyl (C=O) groups excluding carboxylic acids is 2. The zero-order chi connectivity index (χ0) is 15.1. The van der Waals surface area contributed by atoms with E-state index in [1.165, 1.54) is 0 Å². The number of carbonyl (C=O) groups is 2. The van der Waals surface area contributed by atoms with Crippen molar-refractivity contribution in [1.82, 2.24) is 0 Å². The Bertz CT molecular complexity index is 597. The molecule has 6 heteroatoms. The topological polar surface area (TPSA) is 93.1 Å². The molecule has 3 rings (SSSR count). The molecule has 2 heterocycles. The van der Waals surface area contributed by atoms with E-state index >= 15 is 0 Å². The van der Waals surface area contributed by atoms with Gasteiger partial charge in [0.2, 0.25) is 0 Å². The Kier molecular flexibility index (Phi) is 3.43. The second kappa shape index (κ2) is 5.13. The zero-order valence-corrected chi connectivity index (χ0v) is 11.5. The van der Waals surface area contributed by atoms with Crippen LogP contribution < -0.4 is 0 Å². The van der Waals surface area contributed by atoms with Gasteiger partial charge < -0.3 is 19.7 Å². The summed E-state index contributed by atoms with van der Waals surface area (Å²) in [5.74, 6) is -1.07. The molecule has 3 aliphatic rings. The first-order valence-electron chi connectivity index (χ1n) is 6.81. The van der Waals surface area contributed by atoms with Gasteiger partial charge in [0.25, 0.3) is 0 Å². The van der Waals surface area contributed by atoms with E-state index in [1.54, 1.807) is 12.2 Å². The third-order valence-electron chi connectivity index (χ3n) is 3.93. The maximum absolute atomic E-state index is 11.8. The van der Waals surface area contributed by atoms with Gasteiger partial charge in [0.15, 0.2) is 0 Å². The minimum Gasteiger partial charge on any atom is -0.454 e. The monoisotopic (exact) mass is 292 g/mol. The highest BCUT2D eigenvalue weighted by atomic mass is 16.6. The third kappa shape index (κ3) is 2.41. The van der Waals surface area contributed by atoms with Crippen molar-refractivity contribution in [3.8, 4) is 0 Å². The van der Waals surface area contributed by atoms with Crippen molar-refractivity contribution in [3.05, 3.63) is 34.4 Å². The van der Waals surface area contributed by atoms with Crippen LogP contribution >= 0.6 is 0 Å². The summed E-state index contributed by atoms with van der Waals surface area (Å²) >= 11 is 0. The van der Waals surface area contributed by atoms with Crippen molar-refractivity contribution in [2.45, 2.75) is 38.1 Å². The molecule has 112 valence electrons. The van der Waals surface area contributed by atoms with E-state index in [-0.39, 0.29) is 18.1 Å². The fourth-order valence-electron chi connectivity index (χ4n) is 2.96. The van der Waals surface area contributed by atoms with E-state index < -0.39 is 30.8 Å². The standard InChI is InChI=1S/C15H16O6/c1-7-2-9-4-8(14(18)20-9)5-11(17)13-10(6-16)15(19)21-12(13)3-7/h3-4,9,11-12,16-17H,2,5-6H2,1H3/b7-3+. The smallest absolute Gasteiger partial charge is 0.337 e. The zero-order valence-electron chi connectivity index (χ0n) is 11.5. The summed E-state index contributed by atoms with van der Waals surface area (Å²) in [5, 5.41) is 19.7. The van der Waals surface area contributed by atoms with Gasteiger partial charge in [0, 0.05) is 24.0 Å². The van der Waals surface area contributed by atoms with Crippen molar-refractivity contribution in [2.24, 2.45) is 0 Å². The van der Waals surface area contributed by atoms with E-state index in [2.05, 4.69) is 0 Å². The molecule has 0 radical (unpaired) electrons. The lowest BCUT2D eigenvalue weighted by Gasteiger charge is -2.18. The summed E-state index contributed by atoms with van der Waals surface area (Å²) in [5.41, 5.74) is 1.68. The first-order valence-corrected chi connectivity index (χ1v) is 6.81. The molecular formula is C15H16O6. The SMILES string of the molecule is C/C1=C\C2OC(=O)C(CO)=C2C(O)CC2=CC(C1)OC2=O. The molecule has 0 saturated heterocycles. The lowest BCUT2D eigenvalue weighted by atomic mass is 9.91. The largest absolute Gasteiger partial charge is 0.454 e. The van der Waals surface area contributed by atoms with Gasteiger partial charge in [-0.15, -0.1) is 0 Å². The Morgan fingerprint density at radius 3 is 2.67 bits per heavy atom. The van der Waals surface area contributed by atoms with Crippen LogP contribution in [0.4, 0.5) is 0 Å². The first-order chi connectivity index (χ1) is 9.99. The first kappa shape index (κ1) is 14.0. The predicted molar refractivity (Wildman–Crippen MR) is 71.0 cm³/mol. The second-order valence-corrected chi connectivity index (χ2v) is 5.49. The van der Waals surface area contributed by atoms with Crippen molar-refractivity contribution in [3.63, 3.8) is 0 Å². The van der Waals surface area contributed by atoms with Crippen LogP contribution in [0.3, 0.4) is 0 Å². The number of aliphatic hydroxyl groups excluding tert-OH is 2. The Balaban J connectivity index is 2.04. The predicted octanol–water partition coefficient (Wildman–Crippen LogP) is 0.154. The van der Waals surface area contributed by atoms with Crippen LogP contribution in [0, 0.1) is 0 Å². The normalized spacial score (nSPS) is 34.7. The van der Waals surface area contributed by atoms with Crippen molar-refractivity contribution < 1.29 is 29.3 Å². The second-order valence-electron chi connectivity index (χ2n) is 5.49. The number of ether oxygens (including phenoxy) is 2. The molecule has 0 spiro atoms. The summed E-state index contributed by atoms with van der Waals surface area (Å²) in [7, 11) is 0. The molecule has 0 saturated carbocycles. The lowest BCUT2D eigenvalue weighted by Crippen LogP contribution is -2.22. The van der Waals surface area contributed by atoms with Gasteiger partial charge in [-0.25, -0.2) is 9.59 Å². The Morgan fingerprint density at radius 2 is 1.95 bits per heavy atom. The van der Waals surface area contributed by atoms with Gasteiger partial charge in [-0.2, -0.15) is 0 Å². The van der Waals surface area contributed by atoms with Gasteiger partial charge >= 0.3 is 11.9 Å². The number of fused-ring (bicyclic) bond motifs is 2. The highest BCUT2D eigenvalue weighted by molar-refractivity contribution is 5.94. The molecule has 2 aliphatic heterocycles. The molecule has 0 fully saturated rings. The fraction of sp³-hybridized carbons (Fsp3) is 0.467. The molecule has 1 aliphatic carbocycles. The van der Waals surface area contributed by atoms with Gasteiger partial charge in [0.1, 0.15) is 12.2 Å². The summed E-state index contributed by atoms with van der Waals surface area (Å²) in [6.07, 6.45) is 1.90. The summed E-state index contributed by atoms with van der Waals surface area (Å²) < 4.78 is 10.4. The lowest BCUT2D eigenvalue weighted by molar-refractivity contribution is -0.140. The number of hydrogen-bond donors (Lipinski definition) is 2. The van der Waals surface area contributed by atoms with E-state index in [4.69, 9.17) is 9.47 Å². The molecule has 0 aromatic carbocycles. The third-order valence-corrected chi connectivity index (χ3v) is 3.93. The molecule has 21 heavy (non-hydrogen) atoms. The molecule has 3 atom stereocenters. The highest BCUT2D eigenvalue weighted by Gasteiger charge is 2.39. The Labute approximate surface area is 121 Å². The van der Waals surface area contributed by atoms with Gasteiger partial charge in [0.05, 0.1) is 18.3 Å². The molecule has 0 aromatic rings. The highest BCUT2D eigenvalue weighted by Crippen LogP contribution is 2.33. The van der Waals surface area contributed by atoms with Crippen LogP contribution in [0.25, 0.3) is 0 Å². The van der Waals surface area contributed by atoms with Crippen LogP contribution in [0.15, 0.2) is 34.4 Å². The molecule has 2 bridgehead atoms. The summed E-state index contributed by atoms with van der Waals surface area (Å²) in [6.45, 7) is 1.34. The van der Waals surface area contributed by atoms with E-state index in [9.17, 15) is 19.8 Å². The maximum atomic E-state index is 11.8. The van der Waals surface area contributed by atoms with Gasteiger partial charge in [-0.05, 0) is 19.1 Å². The van der Waals surface area contributed by atoms with E-state index in [0.29, 0.717) is 17.6 Å². The Hall–Kier alpha value is -1.92. The van der Waals surface area contributed by atoms with Crippen molar-refractivity contribution in [2.75, 3.05) is 6.61 Å². The van der Waals surface area contributed by atoms with Crippen LogP contribution in [0.2, 0.25) is 0 Å². The van der Waals surface area contributed by atoms with Gasteiger partial charge in [-0.3, -0.25) is 0 Å². The van der Waals surface area contributed by atoms with Gasteiger partial charge in [-0.1, -0.05) is 5.57 Å². The minimum atomic E-state index is -1.07. The van der Waals surface area contributed by atoms with Crippen molar-refractivity contribution in [1.29, 1.82) is 0 Å². The maximum Gasteiger partial charge on any atom is 0.337 e. The molecule has 6 nitrogen and oxygen atoms in total. The van der Waals surface area contributed by atoms with Crippen LogP contribution in [0.5, 0.6) is 0 Å². The number of esters is 2. The summed E-state index contributed by atoms with van der Waals surface area (Å²) in [6, 6.07) is 0. The van der Waals surface area contributed by atoms with E-state index in [1.807, 2.05) is 6.92 Å². The molecule has 0 amide bonds. The quantitative estimate of drug-likeness (QED) is 0.528. The molecular weight excluding hydrogens is 276 g/mol. The Morgan fingerprint density at radius 1 is 1.19 bits per heavy atom. The number of aliphatic hydroxyl groups is 2. The number of rotatable bonds is 1. The average molecular weight is 292 g/mol. The summed E-state index contributed by atoms with van der Waals surface area (Å²) in [4.78, 5) is 23.5. The average Bonchev–Trinajstić information content (AvgIpc) is 2.89.